The van der Waals surface area contributed by atoms with Gasteiger partial charge in [0, 0.05) is 6.42 Å². The van der Waals surface area contributed by atoms with Crippen LogP contribution in [0, 0.1) is 0 Å². The summed E-state index contributed by atoms with van der Waals surface area (Å²) in [5.74, 6) is -1.79. The zero-order valence-corrected chi connectivity index (χ0v) is 12.6. The van der Waals surface area contributed by atoms with Crippen LogP contribution in [0.1, 0.15) is 12.0 Å². The molecule has 2 atom stereocenters. The van der Waals surface area contributed by atoms with E-state index in [4.69, 9.17) is 5.73 Å². The Hall–Kier alpha value is -2.41. The van der Waals surface area contributed by atoms with Gasteiger partial charge in [-0.25, -0.2) is 4.79 Å². The van der Waals surface area contributed by atoms with Gasteiger partial charge in [-0.3, -0.25) is 9.59 Å². The monoisotopic (exact) mass is 308 g/mol. The fourth-order valence-corrected chi connectivity index (χ4v) is 1.82. The number of methoxy groups -OCH3 is 2. The van der Waals surface area contributed by atoms with Gasteiger partial charge < -0.3 is 20.5 Å². The topological polar surface area (TPSA) is 108 Å². The molecular weight excluding hydrogens is 288 g/mol. The Labute approximate surface area is 128 Å². The Balaban J connectivity index is 2.70. The minimum atomic E-state index is -1.09. The van der Waals surface area contributed by atoms with Gasteiger partial charge in [-0.05, 0) is 5.56 Å². The number of benzene rings is 1. The zero-order valence-electron chi connectivity index (χ0n) is 12.6. The first-order valence-corrected chi connectivity index (χ1v) is 6.72. The van der Waals surface area contributed by atoms with Gasteiger partial charge in [-0.15, -0.1) is 0 Å². The predicted molar refractivity (Wildman–Crippen MR) is 78.7 cm³/mol. The minimum Gasteiger partial charge on any atom is -0.469 e. The molecule has 1 rings (SSSR count). The van der Waals surface area contributed by atoms with Crippen molar-refractivity contribution in [2.45, 2.75) is 24.9 Å². The molecule has 0 aliphatic rings. The molecule has 0 fully saturated rings. The van der Waals surface area contributed by atoms with Crippen molar-refractivity contribution in [1.29, 1.82) is 0 Å². The molecule has 0 aliphatic carbocycles. The molecule has 1 amide bonds. The quantitative estimate of drug-likeness (QED) is 0.674. The number of nitrogens with two attached hydrogens (primary N) is 1. The fraction of sp³-hybridized carbons (Fsp3) is 0.400. The second-order valence-corrected chi connectivity index (χ2v) is 4.66. The summed E-state index contributed by atoms with van der Waals surface area (Å²) >= 11 is 0. The largest absolute Gasteiger partial charge is 0.469 e. The van der Waals surface area contributed by atoms with Gasteiger partial charge in [0.1, 0.15) is 6.04 Å². The lowest BCUT2D eigenvalue weighted by molar-refractivity contribution is -0.145. The first-order valence-electron chi connectivity index (χ1n) is 6.72. The molecule has 0 saturated heterocycles. The highest BCUT2D eigenvalue weighted by Crippen LogP contribution is 2.05. The molecule has 7 heteroatoms. The van der Waals surface area contributed by atoms with Crippen LogP contribution in [-0.2, 0) is 30.3 Å². The van der Waals surface area contributed by atoms with Crippen LogP contribution in [0.3, 0.4) is 0 Å². The van der Waals surface area contributed by atoms with Gasteiger partial charge in [-0.2, -0.15) is 0 Å². The normalized spacial score (nSPS) is 12.9. The lowest BCUT2D eigenvalue weighted by Crippen LogP contribution is -2.50. The van der Waals surface area contributed by atoms with Crippen molar-refractivity contribution in [1.82, 2.24) is 5.32 Å². The molecule has 0 bridgehead atoms. The van der Waals surface area contributed by atoms with Crippen LogP contribution in [-0.4, -0.2) is 44.1 Å². The summed E-state index contributed by atoms with van der Waals surface area (Å²) < 4.78 is 9.13. The van der Waals surface area contributed by atoms with E-state index in [0.717, 1.165) is 5.56 Å². The zero-order chi connectivity index (χ0) is 16.5. The molecule has 1 aromatic carbocycles. The minimum absolute atomic E-state index is 0.262. The summed E-state index contributed by atoms with van der Waals surface area (Å²) in [4.78, 5) is 34.9. The third-order valence-electron chi connectivity index (χ3n) is 3.04. The van der Waals surface area contributed by atoms with Crippen molar-refractivity contribution in [3.05, 3.63) is 35.9 Å². The molecule has 120 valence electrons. The maximum Gasteiger partial charge on any atom is 0.328 e. The van der Waals surface area contributed by atoms with Crippen LogP contribution in [0.5, 0.6) is 0 Å². The molecule has 0 spiro atoms. The number of amides is 1. The van der Waals surface area contributed by atoms with Crippen LogP contribution in [0.2, 0.25) is 0 Å². The van der Waals surface area contributed by atoms with Crippen LogP contribution in [0.15, 0.2) is 30.3 Å². The maximum absolute atomic E-state index is 12.0. The van der Waals surface area contributed by atoms with Crippen LogP contribution >= 0.6 is 0 Å². The van der Waals surface area contributed by atoms with E-state index in [1.54, 1.807) is 0 Å². The molecule has 0 heterocycles. The second kappa shape index (κ2) is 8.78. The molecule has 0 aromatic heterocycles. The summed E-state index contributed by atoms with van der Waals surface area (Å²) in [7, 11) is 2.44. The number of esters is 2. The van der Waals surface area contributed by atoms with E-state index in [1.807, 2.05) is 30.3 Å². The van der Waals surface area contributed by atoms with Crippen molar-refractivity contribution in [3.8, 4) is 0 Å². The molecule has 1 aromatic rings. The lowest BCUT2D eigenvalue weighted by atomic mass is 10.1. The number of hydrogen-bond donors (Lipinski definition) is 2. The van der Waals surface area contributed by atoms with E-state index in [1.165, 1.54) is 14.2 Å². The van der Waals surface area contributed by atoms with E-state index < -0.39 is 29.9 Å². The third-order valence-corrected chi connectivity index (χ3v) is 3.04. The Morgan fingerprint density at radius 2 is 1.77 bits per heavy atom. The van der Waals surface area contributed by atoms with E-state index in [9.17, 15) is 14.4 Å². The summed E-state index contributed by atoms with van der Waals surface area (Å²) in [6.07, 6.45) is 0.00571. The van der Waals surface area contributed by atoms with Crippen molar-refractivity contribution in [2.24, 2.45) is 5.73 Å². The molecule has 22 heavy (non-hydrogen) atoms. The van der Waals surface area contributed by atoms with Gasteiger partial charge in [0.25, 0.3) is 0 Å². The summed E-state index contributed by atoms with van der Waals surface area (Å²) in [6, 6.07) is 7.20. The molecule has 0 unspecified atom stereocenters. The average molecular weight is 308 g/mol. The van der Waals surface area contributed by atoms with Crippen molar-refractivity contribution in [2.75, 3.05) is 14.2 Å². The summed E-state index contributed by atoms with van der Waals surface area (Å²) in [5, 5.41) is 2.50. The van der Waals surface area contributed by atoms with Crippen LogP contribution in [0.25, 0.3) is 0 Å². The Morgan fingerprint density at radius 1 is 1.14 bits per heavy atom. The highest BCUT2D eigenvalue weighted by molar-refractivity contribution is 5.90. The van der Waals surface area contributed by atoms with Crippen LogP contribution in [0.4, 0.5) is 0 Å². The average Bonchev–Trinajstić information content (AvgIpc) is 2.54. The summed E-state index contributed by atoms with van der Waals surface area (Å²) in [6.45, 7) is 0. The number of nitrogens with one attached hydrogen (secondary N) is 1. The van der Waals surface area contributed by atoms with E-state index in [0.29, 0.717) is 0 Å². The van der Waals surface area contributed by atoms with Crippen molar-refractivity contribution in [3.63, 3.8) is 0 Å². The molecule has 0 radical (unpaired) electrons. The first-order chi connectivity index (χ1) is 10.5. The fourth-order valence-electron chi connectivity index (χ4n) is 1.82. The molecule has 0 saturated carbocycles. The molecule has 7 nitrogen and oxygen atoms in total. The number of rotatable bonds is 7. The van der Waals surface area contributed by atoms with Gasteiger partial charge in [0.2, 0.25) is 5.91 Å². The van der Waals surface area contributed by atoms with Crippen LogP contribution < -0.4 is 11.1 Å². The molecular formula is C15H20N2O5. The van der Waals surface area contributed by atoms with Crippen molar-refractivity contribution < 1.29 is 23.9 Å². The Bertz CT molecular complexity index is 518. The van der Waals surface area contributed by atoms with Gasteiger partial charge >= 0.3 is 11.9 Å². The number of ether oxygens (including phenoxy) is 2. The Kier molecular flexibility index (Phi) is 7.04. The predicted octanol–water partition coefficient (Wildman–Crippen LogP) is -0.223. The Morgan fingerprint density at radius 3 is 2.32 bits per heavy atom. The van der Waals surface area contributed by atoms with Gasteiger partial charge in [-0.1, -0.05) is 30.3 Å². The third kappa shape index (κ3) is 5.53. The SMILES string of the molecule is COC(=O)C[C@H](N)C(=O)N[C@@H](Cc1ccccc1)C(=O)OC. The smallest absolute Gasteiger partial charge is 0.328 e. The second-order valence-electron chi connectivity index (χ2n) is 4.66. The maximum atomic E-state index is 12.0. The molecule has 0 aliphatic heterocycles. The van der Waals surface area contributed by atoms with E-state index in [2.05, 4.69) is 14.8 Å². The lowest BCUT2D eigenvalue weighted by Gasteiger charge is -2.19. The summed E-state index contributed by atoms with van der Waals surface area (Å²) in [5.41, 5.74) is 6.47. The van der Waals surface area contributed by atoms with E-state index >= 15 is 0 Å². The number of hydrogen-bond acceptors (Lipinski definition) is 6. The first kappa shape index (κ1) is 17.6. The number of carbonyl (C=O) groups excluding carboxylic acids is 3. The van der Waals surface area contributed by atoms with Crippen molar-refractivity contribution >= 4 is 17.8 Å². The van der Waals surface area contributed by atoms with Gasteiger partial charge in [0.15, 0.2) is 0 Å². The highest BCUT2D eigenvalue weighted by Gasteiger charge is 2.26. The molecule has 3 N–H and O–H groups in total. The highest BCUT2D eigenvalue weighted by atomic mass is 16.5. The standard InChI is InChI=1S/C15H20N2O5/c1-21-13(18)9-11(16)14(19)17-12(15(20)22-2)8-10-6-4-3-5-7-10/h3-7,11-12H,8-9,16H2,1-2H3,(H,17,19)/t11-,12-/m0/s1. The van der Waals surface area contributed by atoms with E-state index in [-0.39, 0.29) is 12.8 Å². The number of carbonyl (C=O) groups is 3. The van der Waals surface area contributed by atoms with Gasteiger partial charge in [0.05, 0.1) is 26.7 Å².